The molecule has 0 atom stereocenters. The van der Waals surface area contributed by atoms with E-state index in [9.17, 15) is 24.5 Å². The number of rotatable bonds is 5. The van der Waals surface area contributed by atoms with E-state index in [4.69, 9.17) is 16.3 Å². The molecule has 3 aromatic rings. The van der Waals surface area contributed by atoms with Crippen LogP contribution >= 0.6 is 11.6 Å². The normalized spacial score (nSPS) is 10.5. The number of nitro benzene ring substituents is 1. The van der Waals surface area contributed by atoms with Crippen LogP contribution in [-0.2, 0) is 9.53 Å². The number of amides is 1. The monoisotopic (exact) mass is 401 g/mol. The number of carbonyl (C=O) groups excluding carboxylic acids is 2. The number of fused-ring (bicyclic) bond motifs is 1. The summed E-state index contributed by atoms with van der Waals surface area (Å²) in [7, 11) is 0. The number of esters is 1. The Morgan fingerprint density at radius 1 is 1.18 bits per heavy atom. The van der Waals surface area contributed by atoms with Crippen LogP contribution < -0.4 is 10.9 Å². The average molecular weight is 402 g/mol. The minimum atomic E-state index is -0.848. The van der Waals surface area contributed by atoms with E-state index in [1.165, 1.54) is 12.1 Å². The van der Waals surface area contributed by atoms with Gasteiger partial charge in [0.05, 0.1) is 10.5 Å². The van der Waals surface area contributed by atoms with E-state index in [0.717, 1.165) is 12.1 Å². The molecule has 0 fully saturated rings. The third-order valence-corrected chi connectivity index (χ3v) is 4.05. The molecule has 0 aliphatic heterocycles. The maximum absolute atomic E-state index is 12.3. The van der Waals surface area contributed by atoms with Gasteiger partial charge in [0.1, 0.15) is 5.02 Å². The smallest absolute Gasteiger partial charge is 0.339 e. The zero-order valence-electron chi connectivity index (χ0n) is 14.1. The fraction of sp³-hybridized carbons (Fsp3) is 0.0556. The van der Waals surface area contributed by atoms with Crippen molar-refractivity contribution in [2.45, 2.75) is 0 Å². The molecule has 1 aromatic heterocycles. The van der Waals surface area contributed by atoms with Gasteiger partial charge in [-0.05, 0) is 18.2 Å². The molecule has 1 amide bonds. The molecule has 142 valence electrons. The molecule has 2 aromatic carbocycles. The van der Waals surface area contributed by atoms with Crippen LogP contribution in [0.1, 0.15) is 10.4 Å². The summed E-state index contributed by atoms with van der Waals surface area (Å²) in [5.74, 6) is -1.56. The standard InChI is InChI=1S/C18H12ClN3O6/c19-13-6-5-10(7-15(13)22(26)27)20-17(24)9-28-18(25)12-8-16(23)21-14-4-2-1-3-11(12)14/h1-8H,9H2,(H,20,24)(H,21,23). The lowest BCUT2D eigenvalue weighted by molar-refractivity contribution is -0.384. The number of aromatic nitrogens is 1. The first-order chi connectivity index (χ1) is 13.3. The molecule has 0 aliphatic carbocycles. The van der Waals surface area contributed by atoms with E-state index >= 15 is 0 Å². The number of para-hydroxylation sites is 1. The third-order valence-electron chi connectivity index (χ3n) is 3.73. The van der Waals surface area contributed by atoms with Gasteiger partial charge in [0, 0.05) is 28.7 Å². The fourth-order valence-electron chi connectivity index (χ4n) is 2.51. The van der Waals surface area contributed by atoms with Gasteiger partial charge in [-0.15, -0.1) is 0 Å². The molecule has 9 nitrogen and oxygen atoms in total. The zero-order valence-corrected chi connectivity index (χ0v) is 14.9. The molecule has 2 N–H and O–H groups in total. The zero-order chi connectivity index (χ0) is 20.3. The van der Waals surface area contributed by atoms with E-state index in [1.807, 2.05) is 0 Å². The lowest BCUT2D eigenvalue weighted by atomic mass is 10.1. The van der Waals surface area contributed by atoms with Crippen LogP contribution in [-0.4, -0.2) is 28.4 Å². The maximum atomic E-state index is 12.3. The molecule has 0 saturated heterocycles. The molecule has 0 saturated carbocycles. The lowest BCUT2D eigenvalue weighted by Crippen LogP contribution is -2.22. The second-order valence-corrected chi connectivity index (χ2v) is 6.05. The molecule has 3 rings (SSSR count). The number of anilines is 1. The first-order valence-corrected chi connectivity index (χ1v) is 8.26. The Morgan fingerprint density at radius 3 is 2.68 bits per heavy atom. The first kappa shape index (κ1) is 19.1. The number of hydrogen-bond acceptors (Lipinski definition) is 6. The molecule has 0 bridgehead atoms. The molecule has 0 radical (unpaired) electrons. The SMILES string of the molecule is O=C(COC(=O)c1cc(=O)[nH]c2ccccc12)Nc1ccc(Cl)c([N+](=O)[O-])c1. The highest BCUT2D eigenvalue weighted by atomic mass is 35.5. The van der Waals surface area contributed by atoms with Crippen molar-refractivity contribution in [3.8, 4) is 0 Å². The molecule has 28 heavy (non-hydrogen) atoms. The van der Waals surface area contributed by atoms with Gasteiger partial charge in [-0.3, -0.25) is 19.7 Å². The van der Waals surface area contributed by atoms with Gasteiger partial charge in [-0.2, -0.15) is 0 Å². The summed E-state index contributed by atoms with van der Waals surface area (Å²) in [6.07, 6.45) is 0. The predicted molar refractivity (Wildman–Crippen MR) is 102 cm³/mol. The molecule has 0 aliphatic rings. The highest BCUT2D eigenvalue weighted by molar-refractivity contribution is 6.32. The van der Waals surface area contributed by atoms with Gasteiger partial charge in [-0.1, -0.05) is 29.8 Å². The van der Waals surface area contributed by atoms with E-state index in [-0.39, 0.29) is 22.0 Å². The Kier molecular flexibility index (Phi) is 5.37. The van der Waals surface area contributed by atoms with Crippen LogP contribution in [0.15, 0.2) is 53.3 Å². The van der Waals surface area contributed by atoms with Crippen LogP contribution in [0, 0.1) is 10.1 Å². The van der Waals surface area contributed by atoms with Crippen LogP contribution in [0.3, 0.4) is 0 Å². The summed E-state index contributed by atoms with van der Waals surface area (Å²) in [5, 5.41) is 13.6. The number of halogens is 1. The summed E-state index contributed by atoms with van der Waals surface area (Å²) in [4.78, 5) is 48.8. The minimum absolute atomic E-state index is 0.0225. The Bertz CT molecular complexity index is 1160. The maximum Gasteiger partial charge on any atom is 0.339 e. The summed E-state index contributed by atoms with van der Waals surface area (Å²) in [6.45, 7) is -0.642. The summed E-state index contributed by atoms with van der Waals surface area (Å²) in [6, 6.07) is 11.5. The van der Waals surface area contributed by atoms with Gasteiger partial charge >= 0.3 is 5.97 Å². The van der Waals surface area contributed by atoms with Gasteiger partial charge in [0.2, 0.25) is 5.56 Å². The number of carbonyl (C=O) groups is 2. The summed E-state index contributed by atoms with van der Waals surface area (Å²) >= 11 is 5.71. The second kappa shape index (κ2) is 7.89. The number of hydrogen-bond donors (Lipinski definition) is 2. The highest BCUT2D eigenvalue weighted by Crippen LogP contribution is 2.27. The molecule has 0 spiro atoms. The highest BCUT2D eigenvalue weighted by Gasteiger charge is 2.17. The van der Waals surface area contributed by atoms with E-state index < -0.39 is 29.0 Å². The fourth-order valence-corrected chi connectivity index (χ4v) is 2.70. The van der Waals surface area contributed by atoms with Crippen LogP contribution in [0.4, 0.5) is 11.4 Å². The Balaban J connectivity index is 1.70. The second-order valence-electron chi connectivity index (χ2n) is 5.64. The number of pyridine rings is 1. The van der Waals surface area contributed by atoms with Crippen molar-refractivity contribution in [3.63, 3.8) is 0 Å². The Labute approximate surface area is 162 Å². The minimum Gasteiger partial charge on any atom is -0.452 e. The summed E-state index contributed by atoms with van der Waals surface area (Å²) < 4.78 is 4.96. The number of H-pyrrole nitrogens is 1. The number of aromatic amines is 1. The molecular weight excluding hydrogens is 390 g/mol. The van der Waals surface area contributed by atoms with Crippen molar-refractivity contribution >= 4 is 45.8 Å². The van der Waals surface area contributed by atoms with Crippen molar-refractivity contribution in [1.29, 1.82) is 0 Å². The van der Waals surface area contributed by atoms with E-state index in [2.05, 4.69) is 10.3 Å². The Morgan fingerprint density at radius 2 is 1.93 bits per heavy atom. The molecule has 0 unspecified atom stereocenters. The Hall–Kier alpha value is -3.72. The van der Waals surface area contributed by atoms with Gasteiger partial charge in [0.25, 0.3) is 11.6 Å². The largest absolute Gasteiger partial charge is 0.452 e. The average Bonchev–Trinajstić information content (AvgIpc) is 2.66. The topological polar surface area (TPSA) is 131 Å². The van der Waals surface area contributed by atoms with Crippen LogP contribution in [0.2, 0.25) is 5.02 Å². The quantitative estimate of drug-likeness (QED) is 0.384. The van der Waals surface area contributed by atoms with Gasteiger partial charge in [0.15, 0.2) is 6.61 Å². The number of nitrogens with one attached hydrogen (secondary N) is 2. The number of nitro groups is 1. The van der Waals surface area contributed by atoms with Crippen molar-refractivity contribution in [3.05, 3.63) is 79.6 Å². The van der Waals surface area contributed by atoms with Crippen molar-refractivity contribution in [2.75, 3.05) is 11.9 Å². The first-order valence-electron chi connectivity index (χ1n) is 7.88. The number of nitrogens with zero attached hydrogens (tertiary/aromatic N) is 1. The van der Waals surface area contributed by atoms with Crippen molar-refractivity contribution < 1.29 is 19.2 Å². The molecule has 1 heterocycles. The lowest BCUT2D eigenvalue weighted by Gasteiger charge is -2.08. The molecular formula is C18H12ClN3O6. The predicted octanol–water partition coefficient (Wildman–Crippen LogP) is 2.89. The van der Waals surface area contributed by atoms with Crippen molar-refractivity contribution in [1.82, 2.24) is 4.98 Å². The van der Waals surface area contributed by atoms with Crippen molar-refractivity contribution in [2.24, 2.45) is 0 Å². The molecule has 10 heteroatoms. The number of ether oxygens (including phenoxy) is 1. The van der Waals surface area contributed by atoms with E-state index in [1.54, 1.807) is 24.3 Å². The van der Waals surface area contributed by atoms with Crippen LogP contribution in [0.5, 0.6) is 0 Å². The third kappa shape index (κ3) is 4.15. The van der Waals surface area contributed by atoms with Gasteiger partial charge in [-0.25, -0.2) is 4.79 Å². The summed E-state index contributed by atoms with van der Waals surface area (Å²) in [5.41, 5.74) is -0.247. The van der Waals surface area contributed by atoms with E-state index in [0.29, 0.717) is 10.9 Å². The number of benzene rings is 2. The van der Waals surface area contributed by atoms with Crippen LogP contribution in [0.25, 0.3) is 10.9 Å². The van der Waals surface area contributed by atoms with Gasteiger partial charge < -0.3 is 15.0 Å².